The van der Waals surface area contributed by atoms with Gasteiger partial charge in [-0.05, 0) is 41.7 Å². The maximum Gasteiger partial charge on any atom is 0.286 e. The van der Waals surface area contributed by atoms with Gasteiger partial charge < -0.3 is 24.8 Å². The highest BCUT2D eigenvalue weighted by Crippen LogP contribution is 2.36. The molecule has 1 fully saturated rings. The summed E-state index contributed by atoms with van der Waals surface area (Å²) in [6.07, 6.45) is 5.57. The van der Waals surface area contributed by atoms with E-state index in [-0.39, 0.29) is 42.6 Å². The van der Waals surface area contributed by atoms with E-state index in [1.165, 1.54) is 6.92 Å². The van der Waals surface area contributed by atoms with E-state index in [1.807, 2.05) is 65.7 Å². The molecule has 5 rings (SSSR count). The molecule has 3 aromatic rings. The summed E-state index contributed by atoms with van der Waals surface area (Å²) in [6.45, 7) is 3.58. The number of benzene rings is 2. The summed E-state index contributed by atoms with van der Waals surface area (Å²) in [5.74, 6) is -0.304. The Morgan fingerprint density at radius 2 is 1.90 bits per heavy atom. The van der Waals surface area contributed by atoms with E-state index < -0.39 is 6.29 Å². The zero-order valence-corrected chi connectivity index (χ0v) is 22.7. The summed E-state index contributed by atoms with van der Waals surface area (Å²) in [5.41, 5.74) is 3.47. The quantitative estimate of drug-likeness (QED) is 0.375. The first kappa shape index (κ1) is 27.6. The highest BCUT2D eigenvalue weighted by molar-refractivity contribution is 5.95. The zero-order valence-electron chi connectivity index (χ0n) is 22.7. The Morgan fingerprint density at radius 1 is 1.12 bits per heavy atom. The predicted molar refractivity (Wildman–Crippen MR) is 149 cm³/mol. The maximum absolute atomic E-state index is 13.2. The molecule has 0 spiro atoms. The molecule has 1 saturated heterocycles. The number of rotatable bonds is 10. The number of hydrogen-bond acceptors (Lipinski definition) is 6. The van der Waals surface area contributed by atoms with Gasteiger partial charge in [0.1, 0.15) is 0 Å². The van der Waals surface area contributed by atoms with Crippen molar-refractivity contribution >= 4 is 28.6 Å². The molecule has 0 radical (unpaired) electrons. The number of nitrogens with one attached hydrogen (secondary N) is 1. The third-order valence-corrected chi connectivity index (χ3v) is 7.47. The second-order valence-electron chi connectivity index (χ2n) is 10.3. The van der Waals surface area contributed by atoms with Gasteiger partial charge >= 0.3 is 0 Å². The summed E-state index contributed by atoms with van der Waals surface area (Å²) in [6, 6.07) is 15.2. The minimum Gasteiger partial charge on any atom is -0.459 e. The lowest BCUT2D eigenvalue weighted by molar-refractivity contribution is -0.150. The van der Waals surface area contributed by atoms with Gasteiger partial charge in [0.25, 0.3) is 5.91 Å². The molecule has 2 amide bonds. The lowest BCUT2D eigenvalue weighted by Gasteiger charge is -2.29. The van der Waals surface area contributed by atoms with E-state index in [0.717, 1.165) is 40.6 Å². The van der Waals surface area contributed by atoms with Gasteiger partial charge in [-0.15, -0.1) is 0 Å². The molecule has 0 unspecified atom stereocenters. The molecule has 2 N–H and O–H groups in total. The average molecular weight is 546 g/mol. The van der Waals surface area contributed by atoms with Crippen molar-refractivity contribution in [1.29, 1.82) is 0 Å². The number of aliphatic hydroxyl groups is 1. The summed E-state index contributed by atoms with van der Waals surface area (Å²) in [7, 11) is 0. The van der Waals surface area contributed by atoms with Crippen LogP contribution in [0.3, 0.4) is 0 Å². The van der Waals surface area contributed by atoms with Crippen LogP contribution >= 0.6 is 0 Å². The largest absolute Gasteiger partial charge is 0.459 e. The van der Waals surface area contributed by atoms with Gasteiger partial charge in [-0.1, -0.05) is 42.5 Å². The number of aliphatic hydroxyl groups excluding tert-OH is 1. The molecule has 2 atom stereocenters. The third-order valence-electron chi connectivity index (χ3n) is 7.47. The number of para-hydroxylation sites is 1. The minimum atomic E-state index is -0.685. The van der Waals surface area contributed by atoms with Crippen molar-refractivity contribution in [2.24, 2.45) is 0 Å². The maximum atomic E-state index is 13.2. The van der Waals surface area contributed by atoms with Crippen LogP contribution < -0.4 is 5.32 Å². The van der Waals surface area contributed by atoms with E-state index in [1.54, 1.807) is 4.57 Å². The lowest BCUT2D eigenvalue weighted by atomic mass is 9.92. The molecule has 2 aromatic carbocycles. The van der Waals surface area contributed by atoms with Crippen LogP contribution in [0.25, 0.3) is 10.9 Å². The topological polar surface area (TPSA) is 110 Å². The van der Waals surface area contributed by atoms with Crippen LogP contribution in [0, 0.1) is 0 Å². The van der Waals surface area contributed by atoms with Crippen LogP contribution in [0.15, 0.2) is 66.6 Å². The van der Waals surface area contributed by atoms with Crippen LogP contribution in [-0.2, 0) is 32.3 Å². The molecule has 0 aliphatic carbocycles. The third kappa shape index (κ3) is 6.26. The number of allylic oxidation sites excluding steroid dienone is 1. The van der Waals surface area contributed by atoms with Gasteiger partial charge in [0, 0.05) is 56.9 Å². The summed E-state index contributed by atoms with van der Waals surface area (Å²) in [5, 5.41) is 13.2. The zero-order chi connectivity index (χ0) is 28.1. The molecular weight excluding hydrogens is 510 g/mol. The molecule has 1 aromatic heterocycles. The smallest absolute Gasteiger partial charge is 0.286 e. The van der Waals surface area contributed by atoms with E-state index in [9.17, 15) is 19.5 Å². The summed E-state index contributed by atoms with van der Waals surface area (Å²) >= 11 is 0. The predicted octanol–water partition coefficient (Wildman–Crippen LogP) is 3.85. The first-order chi connectivity index (χ1) is 19.4. The van der Waals surface area contributed by atoms with Crippen LogP contribution in [0.4, 0.5) is 0 Å². The number of carbonyl (C=O) groups is 3. The number of fused-ring (bicyclic) bond motifs is 1. The van der Waals surface area contributed by atoms with E-state index in [4.69, 9.17) is 9.47 Å². The van der Waals surface area contributed by atoms with Gasteiger partial charge in [-0.25, -0.2) is 0 Å². The van der Waals surface area contributed by atoms with Crippen molar-refractivity contribution in [2.75, 3.05) is 19.6 Å². The first-order valence-corrected chi connectivity index (χ1v) is 13.8. The van der Waals surface area contributed by atoms with Crippen molar-refractivity contribution in [2.45, 2.75) is 58.0 Å². The molecule has 9 heteroatoms. The van der Waals surface area contributed by atoms with Crippen molar-refractivity contribution in [3.8, 4) is 0 Å². The highest BCUT2D eigenvalue weighted by Gasteiger charge is 2.31. The number of amides is 2. The fourth-order valence-corrected chi connectivity index (χ4v) is 5.33. The number of aromatic nitrogens is 1. The molecule has 2 aliphatic heterocycles. The van der Waals surface area contributed by atoms with Crippen LogP contribution in [0.5, 0.6) is 0 Å². The summed E-state index contributed by atoms with van der Waals surface area (Å²) in [4.78, 5) is 39.2. The molecule has 9 nitrogen and oxygen atoms in total. The Balaban J connectivity index is 1.33. The monoisotopic (exact) mass is 545 g/mol. The molecular formula is C31H35N3O6. The van der Waals surface area contributed by atoms with Gasteiger partial charge in [0.2, 0.25) is 18.1 Å². The lowest BCUT2D eigenvalue weighted by Crippen LogP contribution is -2.34. The Bertz CT molecular complexity index is 1410. The van der Waals surface area contributed by atoms with Crippen LogP contribution in [0.1, 0.15) is 60.0 Å². The van der Waals surface area contributed by atoms with Crippen molar-refractivity contribution < 1.29 is 29.0 Å². The van der Waals surface area contributed by atoms with Crippen molar-refractivity contribution in [1.82, 2.24) is 14.8 Å². The Labute approximate surface area is 233 Å². The SMILES string of the molecule is CC(=O)n1cc([C@@H]2C=C(C(=O)NCCCN3CCCC3=O)O[C@H](OCc3ccc(CO)cc3)C2)c2ccccc21. The van der Waals surface area contributed by atoms with Crippen molar-refractivity contribution in [3.63, 3.8) is 0 Å². The first-order valence-electron chi connectivity index (χ1n) is 13.8. The minimum absolute atomic E-state index is 0.0278. The van der Waals surface area contributed by atoms with Gasteiger partial charge in [-0.3, -0.25) is 19.0 Å². The molecule has 0 bridgehead atoms. The number of likely N-dealkylation sites (tertiary alicyclic amines) is 1. The molecule has 210 valence electrons. The number of hydrogen-bond donors (Lipinski definition) is 2. The highest BCUT2D eigenvalue weighted by atomic mass is 16.7. The average Bonchev–Trinajstić information content (AvgIpc) is 3.57. The number of nitrogens with zero attached hydrogens (tertiary/aromatic N) is 2. The van der Waals surface area contributed by atoms with E-state index in [2.05, 4.69) is 5.32 Å². The van der Waals surface area contributed by atoms with Crippen LogP contribution in [0.2, 0.25) is 0 Å². The molecule has 40 heavy (non-hydrogen) atoms. The van der Waals surface area contributed by atoms with Gasteiger partial charge in [0.05, 0.1) is 18.7 Å². The Morgan fingerprint density at radius 3 is 2.62 bits per heavy atom. The Kier molecular flexibility index (Phi) is 8.62. The Hall–Kier alpha value is -3.95. The molecule has 2 aliphatic rings. The van der Waals surface area contributed by atoms with E-state index >= 15 is 0 Å². The number of ether oxygens (including phenoxy) is 2. The van der Waals surface area contributed by atoms with Gasteiger partial charge in [-0.2, -0.15) is 0 Å². The fourth-order valence-electron chi connectivity index (χ4n) is 5.33. The van der Waals surface area contributed by atoms with E-state index in [0.29, 0.717) is 32.4 Å². The second kappa shape index (κ2) is 12.5. The van der Waals surface area contributed by atoms with Crippen molar-refractivity contribution in [3.05, 3.63) is 83.3 Å². The normalized spacial score (nSPS) is 19.0. The molecule has 3 heterocycles. The fraction of sp³-hybridized carbons (Fsp3) is 0.387. The second-order valence-corrected chi connectivity index (χ2v) is 10.3. The molecule has 0 saturated carbocycles. The standard InChI is InChI=1S/C31H35N3O6/c1-21(36)34-18-26(25-6-2-3-7-27(25)34)24-16-28(31(38)32-13-5-15-33-14-4-8-29(33)37)40-30(17-24)39-20-23-11-9-22(19-35)10-12-23/h2-3,6-7,9-12,16,18,24,30,35H,4-5,8,13-15,17,19-20H2,1H3,(H,32,38)/t24-,30+/m1/s1. The summed E-state index contributed by atoms with van der Waals surface area (Å²) < 4.78 is 13.8. The van der Waals surface area contributed by atoms with Gasteiger partial charge in [0.15, 0.2) is 5.76 Å². The van der Waals surface area contributed by atoms with Crippen LogP contribution in [-0.4, -0.2) is 58.2 Å². The number of carbonyl (C=O) groups excluding carboxylic acids is 3.